The summed E-state index contributed by atoms with van der Waals surface area (Å²) in [5.41, 5.74) is 18.1. The lowest BCUT2D eigenvalue weighted by molar-refractivity contribution is 1.08. The van der Waals surface area contributed by atoms with Crippen LogP contribution in [0.5, 0.6) is 0 Å². The van der Waals surface area contributed by atoms with E-state index in [-0.39, 0.29) is 0 Å². The molecule has 73 heavy (non-hydrogen) atoms. The van der Waals surface area contributed by atoms with Gasteiger partial charge in [0.15, 0.2) is 0 Å². The predicted octanol–water partition coefficient (Wildman–Crippen LogP) is 17.6. The van der Waals surface area contributed by atoms with E-state index in [0.717, 1.165) is 67.2 Å². The van der Waals surface area contributed by atoms with Crippen LogP contribution in [0.25, 0.3) is 138 Å². The number of pyridine rings is 2. The molecular formula is C68H43N5. The number of hydrogen-bond acceptors (Lipinski definition) is 2. The molecule has 0 aliphatic carbocycles. The Morgan fingerprint density at radius 3 is 1.53 bits per heavy atom. The first-order valence-corrected chi connectivity index (χ1v) is 24.9. The molecule has 5 aromatic heterocycles. The molecule has 10 aromatic carbocycles. The van der Waals surface area contributed by atoms with Crippen LogP contribution >= 0.6 is 0 Å². The molecule has 0 bridgehead atoms. The lowest BCUT2D eigenvalue weighted by Crippen LogP contribution is -2.00. The van der Waals surface area contributed by atoms with Gasteiger partial charge in [-0.3, -0.25) is 9.55 Å². The molecule has 0 saturated carbocycles. The van der Waals surface area contributed by atoms with Gasteiger partial charge in [0.25, 0.3) is 0 Å². The van der Waals surface area contributed by atoms with Crippen LogP contribution in [0.15, 0.2) is 261 Å². The fourth-order valence-corrected chi connectivity index (χ4v) is 11.7. The van der Waals surface area contributed by atoms with Crippen molar-refractivity contribution in [2.75, 3.05) is 0 Å². The molecule has 0 atom stereocenters. The average Bonchev–Trinajstić information content (AvgIpc) is 4.12. The molecular weight excluding hydrogens is 887 g/mol. The first-order valence-electron chi connectivity index (χ1n) is 24.9. The summed E-state index contributed by atoms with van der Waals surface area (Å²) in [6.45, 7) is 0. The third-order valence-electron chi connectivity index (χ3n) is 14.9. The molecule has 0 unspecified atom stereocenters. The van der Waals surface area contributed by atoms with Crippen molar-refractivity contribution < 1.29 is 0 Å². The zero-order valence-electron chi connectivity index (χ0n) is 39.6. The van der Waals surface area contributed by atoms with Gasteiger partial charge in [-0.15, -0.1) is 0 Å². The predicted molar refractivity (Wildman–Crippen MR) is 304 cm³/mol. The van der Waals surface area contributed by atoms with Gasteiger partial charge in [-0.05, 0) is 123 Å². The molecule has 0 spiro atoms. The smallest absolute Gasteiger partial charge is 0.138 e. The van der Waals surface area contributed by atoms with Crippen molar-refractivity contribution in [1.29, 1.82) is 0 Å². The van der Waals surface area contributed by atoms with Gasteiger partial charge < -0.3 is 9.13 Å². The number of nitrogens with zero attached hydrogens (tertiary/aromatic N) is 5. The van der Waals surface area contributed by atoms with Crippen LogP contribution in [0.4, 0.5) is 0 Å². The molecule has 0 saturated heterocycles. The highest BCUT2D eigenvalue weighted by molar-refractivity contribution is 6.15. The number of benzene rings is 10. The fraction of sp³-hybridized carbons (Fsp3) is 0. The summed E-state index contributed by atoms with van der Waals surface area (Å²) in [7, 11) is 0. The third kappa shape index (κ3) is 6.49. The summed E-state index contributed by atoms with van der Waals surface area (Å²) in [5.74, 6) is 0.884. The van der Waals surface area contributed by atoms with Gasteiger partial charge in [0.2, 0.25) is 0 Å². The van der Waals surface area contributed by atoms with Crippen LogP contribution in [0.1, 0.15) is 0 Å². The van der Waals surface area contributed by atoms with Crippen molar-refractivity contribution in [3.8, 4) is 61.8 Å². The van der Waals surface area contributed by atoms with Crippen molar-refractivity contribution in [3.63, 3.8) is 0 Å². The van der Waals surface area contributed by atoms with Crippen molar-refractivity contribution in [2.24, 2.45) is 0 Å². The van der Waals surface area contributed by atoms with Gasteiger partial charge in [-0.25, -0.2) is 4.98 Å². The largest absolute Gasteiger partial charge is 0.309 e. The Kier molecular flexibility index (Phi) is 9.19. The second-order valence-corrected chi connectivity index (χ2v) is 19.0. The maximum Gasteiger partial charge on any atom is 0.138 e. The Morgan fingerprint density at radius 2 is 0.795 bits per heavy atom. The highest BCUT2D eigenvalue weighted by Gasteiger charge is 2.20. The summed E-state index contributed by atoms with van der Waals surface area (Å²) in [6.07, 6.45) is 3.87. The standard InChI is InChI=1S/C68H43N5/c1-4-16-44(17-5-1)48-39-61(45-18-6-2-7-19-45)70-68(41-48)73-63-29-13-10-22-55(63)57-33-30-47(40-66(57)73)52-25-15-26-53-51(24-14-27-54(52)53)46-31-34-64-59(38-46)56-23-11-12-28-62(56)72(64)50-32-35-65-60(42-50)58-36-37-69-43-67(58)71(65)49-20-8-3-9-21-49/h1-43H. The Hall–Kier alpha value is -9.84. The van der Waals surface area contributed by atoms with Gasteiger partial charge >= 0.3 is 0 Å². The fourth-order valence-electron chi connectivity index (χ4n) is 11.7. The van der Waals surface area contributed by atoms with Crippen LogP contribution in [0.3, 0.4) is 0 Å². The van der Waals surface area contributed by atoms with Crippen LogP contribution < -0.4 is 0 Å². The maximum absolute atomic E-state index is 5.42. The number of aromatic nitrogens is 5. The number of rotatable bonds is 7. The van der Waals surface area contributed by atoms with Crippen molar-refractivity contribution in [3.05, 3.63) is 261 Å². The summed E-state index contributed by atoms with van der Waals surface area (Å²) in [4.78, 5) is 9.97. The lowest BCUT2D eigenvalue weighted by atomic mass is 9.92. The van der Waals surface area contributed by atoms with Crippen LogP contribution in [0.2, 0.25) is 0 Å². The van der Waals surface area contributed by atoms with Gasteiger partial charge in [-0.1, -0.05) is 170 Å². The van der Waals surface area contributed by atoms with Crippen molar-refractivity contribution in [2.45, 2.75) is 0 Å². The molecule has 0 aliphatic heterocycles. The summed E-state index contributed by atoms with van der Waals surface area (Å²) >= 11 is 0. The number of fused-ring (bicyclic) bond motifs is 10. The Labute approximate surface area is 420 Å². The quantitative estimate of drug-likeness (QED) is 0.160. The van der Waals surface area contributed by atoms with E-state index in [1.807, 2.05) is 12.4 Å². The summed E-state index contributed by atoms with van der Waals surface area (Å²) in [6, 6.07) is 90.1. The second-order valence-electron chi connectivity index (χ2n) is 19.0. The zero-order chi connectivity index (χ0) is 48.0. The molecule has 5 heterocycles. The zero-order valence-corrected chi connectivity index (χ0v) is 39.6. The topological polar surface area (TPSA) is 40.6 Å². The lowest BCUT2D eigenvalue weighted by Gasteiger charge is -2.14. The SMILES string of the molecule is c1ccc(-c2cc(-c3ccccc3)nc(-n3c4ccccc4c4ccc(-c5cccc6c(-c7ccc8c(c7)c7ccccc7n8-c7ccc8c(c7)c7ccncc7n8-c7ccccc7)cccc56)cc43)c2)cc1. The van der Waals surface area contributed by atoms with E-state index in [1.165, 1.54) is 70.8 Å². The van der Waals surface area contributed by atoms with E-state index in [9.17, 15) is 0 Å². The van der Waals surface area contributed by atoms with E-state index < -0.39 is 0 Å². The molecule has 15 aromatic rings. The molecule has 0 radical (unpaired) electrons. The minimum atomic E-state index is 0.884. The maximum atomic E-state index is 5.42. The first kappa shape index (κ1) is 41.0. The Balaban J connectivity index is 0.872. The minimum absolute atomic E-state index is 0.884. The molecule has 340 valence electrons. The second kappa shape index (κ2) is 16.4. The van der Waals surface area contributed by atoms with Gasteiger partial charge in [0.1, 0.15) is 5.82 Å². The molecule has 0 aliphatic rings. The van der Waals surface area contributed by atoms with Gasteiger partial charge in [0, 0.05) is 55.5 Å². The molecule has 0 amide bonds. The van der Waals surface area contributed by atoms with Crippen molar-refractivity contribution >= 4 is 76.2 Å². The molecule has 5 heteroatoms. The van der Waals surface area contributed by atoms with Crippen LogP contribution in [0, 0.1) is 0 Å². The third-order valence-corrected chi connectivity index (χ3v) is 14.9. The summed E-state index contributed by atoms with van der Waals surface area (Å²) in [5, 5.41) is 9.62. The summed E-state index contributed by atoms with van der Waals surface area (Å²) < 4.78 is 7.10. The molecule has 5 nitrogen and oxygen atoms in total. The monoisotopic (exact) mass is 929 g/mol. The first-order chi connectivity index (χ1) is 36.2. The average molecular weight is 930 g/mol. The van der Waals surface area contributed by atoms with E-state index in [4.69, 9.17) is 4.98 Å². The molecule has 15 rings (SSSR count). The highest BCUT2D eigenvalue weighted by atomic mass is 15.1. The van der Waals surface area contributed by atoms with Gasteiger partial charge in [-0.2, -0.15) is 0 Å². The van der Waals surface area contributed by atoms with E-state index in [0.29, 0.717) is 0 Å². The molecule has 0 fully saturated rings. The van der Waals surface area contributed by atoms with Crippen LogP contribution in [-0.4, -0.2) is 23.7 Å². The molecule has 0 N–H and O–H groups in total. The normalized spacial score (nSPS) is 11.8. The highest BCUT2D eigenvalue weighted by Crippen LogP contribution is 2.42. The minimum Gasteiger partial charge on any atom is -0.309 e. The van der Waals surface area contributed by atoms with E-state index in [2.05, 4.69) is 267 Å². The van der Waals surface area contributed by atoms with Crippen molar-refractivity contribution in [1.82, 2.24) is 23.7 Å². The number of hydrogen-bond donors (Lipinski definition) is 0. The number of para-hydroxylation sites is 3. The Morgan fingerprint density at radius 1 is 0.260 bits per heavy atom. The van der Waals surface area contributed by atoms with Crippen LogP contribution in [-0.2, 0) is 0 Å². The van der Waals surface area contributed by atoms with Gasteiger partial charge in [0.05, 0.1) is 45.0 Å². The van der Waals surface area contributed by atoms with E-state index >= 15 is 0 Å². The van der Waals surface area contributed by atoms with E-state index in [1.54, 1.807) is 0 Å². The Bertz CT molecular complexity index is 4600.